The van der Waals surface area contributed by atoms with Gasteiger partial charge in [-0.05, 0) is 23.8 Å². The van der Waals surface area contributed by atoms with Gasteiger partial charge in [-0.3, -0.25) is 4.79 Å². The van der Waals surface area contributed by atoms with E-state index in [9.17, 15) is 19.8 Å². The van der Waals surface area contributed by atoms with Gasteiger partial charge in [0.15, 0.2) is 0 Å². The highest BCUT2D eigenvalue weighted by atomic mass is 16.4. The van der Waals surface area contributed by atoms with E-state index in [0.29, 0.717) is 16.5 Å². The van der Waals surface area contributed by atoms with Crippen molar-refractivity contribution in [3.05, 3.63) is 35.5 Å². The van der Waals surface area contributed by atoms with Crippen LogP contribution in [0.3, 0.4) is 0 Å². The first-order chi connectivity index (χ1) is 9.88. The van der Waals surface area contributed by atoms with E-state index in [1.54, 1.807) is 18.2 Å². The molecule has 1 heterocycles. The number of carbonyl (C=O) groups excluding carboxylic acids is 1. The molecular weight excluding hydrogens is 276 g/mol. The molecule has 7 nitrogen and oxygen atoms in total. The Hall–Kier alpha value is -2.38. The summed E-state index contributed by atoms with van der Waals surface area (Å²) in [5, 5.41) is 31.8. The van der Waals surface area contributed by atoms with Gasteiger partial charge in [-0.1, -0.05) is 6.07 Å². The second-order valence-electron chi connectivity index (χ2n) is 4.78. The van der Waals surface area contributed by atoms with Gasteiger partial charge in [-0.25, -0.2) is 4.79 Å². The highest BCUT2D eigenvalue weighted by Crippen LogP contribution is 2.23. The van der Waals surface area contributed by atoms with Crippen molar-refractivity contribution in [2.24, 2.45) is 0 Å². The summed E-state index contributed by atoms with van der Waals surface area (Å²) in [5.74, 6) is -1.37. The lowest BCUT2D eigenvalue weighted by molar-refractivity contribution is -0.119. The minimum absolute atomic E-state index is 0.0513. The third-order valence-electron chi connectivity index (χ3n) is 3.14. The first-order valence-electron chi connectivity index (χ1n) is 6.35. The number of carboxylic acid groups (broad SMARTS) is 1. The molecule has 1 aromatic carbocycles. The molecule has 0 aliphatic carbocycles. The van der Waals surface area contributed by atoms with Crippen LogP contribution in [0.25, 0.3) is 10.9 Å². The monoisotopic (exact) mass is 292 g/mol. The van der Waals surface area contributed by atoms with E-state index in [1.807, 2.05) is 0 Å². The van der Waals surface area contributed by atoms with Crippen molar-refractivity contribution >= 4 is 22.8 Å². The van der Waals surface area contributed by atoms with Crippen LogP contribution in [0.2, 0.25) is 0 Å². The zero-order valence-electron chi connectivity index (χ0n) is 11.3. The zero-order chi connectivity index (χ0) is 15.6. The number of hydrogen-bond donors (Lipinski definition) is 5. The number of nitrogens with one attached hydrogen (secondary N) is 2. The fourth-order valence-corrected chi connectivity index (χ4v) is 2.03. The lowest BCUT2D eigenvalue weighted by atomic mass is 10.0. The Bertz CT molecular complexity index is 679. The molecule has 112 valence electrons. The summed E-state index contributed by atoms with van der Waals surface area (Å²) in [6.07, 6.45) is -2.33. The van der Waals surface area contributed by atoms with Gasteiger partial charge in [0.1, 0.15) is 17.9 Å². The van der Waals surface area contributed by atoms with Crippen LogP contribution in [0, 0.1) is 0 Å². The Morgan fingerprint density at radius 3 is 2.62 bits per heavy atom. The number of H-pyrrole nitrogens is 1. The number of aliphatic hydroxyl groups excluding tert-OH is 2. The van der Waals surface area contributed by atoms with Crippen LogP contribution in [-0.2, 0) is 4.79 Å². The molecule has 21 heavy (non-hydrogen) atoms. The number of hydrogen-bond acceptors (Lipinski definition) is 4. The molecule has 0 saturated carbocycles. The lowest BCUT2D eigenvalue weighted by Gasteiger charge is -2.18. The molecule has 2 aromatic rings. The van der Waals surface area contributed by atoms with Gasteiger partial charge in [-0.15, -0.1) is 0 Å². The van der Waals surface area contributed by atoms with Crippen LogP contribution in [0.5, 0.6) is 0 Å². The third kappa shape index (κ3) is 3.39. The van der Waals surface area contributed by atoms with Gasteiger partial charge < -0.3 is 25.6 Å². The topological polar surface area (TPSA) is 123 Å². The Balaban J connectivity index is 2.21. The van der Waals surface area contributed by atoms with Crippen molar-refractivity contribution in [3.8, 4) is 0 Å². The minimum atomic E-state index is -1.18. The van der Waals surface area contributed by atoms with Crippen LogP contribution in [0.15, 0.2) is 24.3 Å². The maximum absolute atomic E-state index is 10.9. The van der Waals surface area contributed by atoms with Crippen molar-refractivity contribution in [1.82, 2.24) is 10.3 Å². The molecule has 1 aromatic heterocycles. The van der Waals surface area contributed by atoms with Crippen LogP contribution in [-0.4, -0.2) is 44.8 Å². The summed E-state index contributed by atoms with van der Waals surface area (Å²) >= 11 is 0. The summed E-state index contributed by atoms with van der Waals surface area (Å²) in [6, 6.07) is 6.27. The van der Waals surface area contributed by atoms with Crippen LogP contribution < -0.4 is 5.32 Å². The normalized spacial score (nSPS) is 13.9. The predicted octanol–water partition coefficient (Wildman–Crippen LogP) is 0.396. The number of aromatic nitrogens is 1. The van der Waals surface area contributed by atoms with Crippen molar-refractivity contribution in [2.45, 2.75) is 19.1 Å². The maximum Gasteiger partial charge on any atom is 0.352 e. The number of benzene rings is 1. The molecule has 1 amide bonds. The third-order valence-corrected chi connectivity index (χ3v) is 3.14. The zero-order valence-corrected chi connectivity index (χ0v) is 11.3. The van der Waals surface area contributed by atoms with Gasteiger partial charge in [0.2, 0.25) is 5.91 Å². The van der Waals surface area contributed by atoms with Gasteiger partial charge in [0, 0.05) is 24.4 Å². The van der Waals surface area contributed by atoms with E-state index in [4.69, 9.17) is 5.11 Å². The lowest BCUT2D eigenvalue weighted by Crippen LogP contribution is -2.34. The second-order valence-corrected chi connectivity index (χ2v) is 4.78. The molecule has 0 bridgehead atoms. The summed E-state index contributed by atoms with van der Waals surface area (Å²) in [5.41, 5.74) is 1.12. The van der Waals surface area contributed by atoms with Crippen LogP contribution in [0.4, 0.5) is 0 Å². The van der Waals surface area contributed by atoms with E-state index < -0.39 is 18.2 Å². The number of fused-ring (bicyclic) bond motifs is 1. The number of carbonyl (C=O) groups is 2. The van der Waals surface area contributed by atoms with E-state index in [0.717, 1.165) is 0 Å². The average Bonchev–Trinajstić information content (AvgIpc) is 2.86. The number of aromatic carboxylic acids is 1. The number of aliphatic hydroxyl groups is 2. The molecule has 2 atom stereocenters. The van der Waals surface area contributed by atoms with Crippen molar-refractivity contribution in [1.29, 1.82) is 0 Å². The molecule has 0 aliphatic rings. The molecule has 0 fully saturated rings. The smallest absolute Gasteiger partial charge is 0.352 e. The number of amides is 1. The van der Waals surface area contributed by atoms with Gasteiger partial charge in [-0.2, -0.15) is 0 Å². The summed E-state index contributed by atoms with van der Waals surface area (Å²) in [4.78, 5) is 24.4. The van der Waals surface area contributed by atoms with E-state index >= 15 is 0 Å². The number of aromatic amines is 1. The van der Waals surface area contributed by atoms with E-state index in [2.05, 4.69) is 10.3 Å². The molecule has 0 saturated heterocycles. The first kappa shape index (κ1) is 15.0. The summed E-state index contributed by atoms with van der Waals surface area (Å²) < 4.78 is 0. The average molecular weight is 292 g/mol. The molecule has 0 radical (unpaired) electrons. The highest BCUT2D eigenvalue weighted by Gasteiger charge is 2.19. The Morgan fingerprint density at radius 1 is 1.29 bits per heavy atom. The van der Waals surface area contributed by atoms with Crippen molar-refractivity contribution < 1.29 is 24.9 Å². The Morgan fingerprint density at radius 2 is 2.00 bits per heavy atom. The molecule has 0 aliphatic heterocycles. The first-order valence-corrected chi connectivity index (χ1v) is 6.35. The Kier molecular flexibility index (Phi) is 4.25. The SMILES string of the molecule is CC(=O)NCC(O)C(O)c1ccc2[nH]c(C(=O)O)cc2c1. The van der Waals surface area contributed by atoms with E-state index in [1.165, 1.54) is 13.0 Å². The molecule has 0 spiro atoms. The standard InChI is InChI=1S/C14H16N2O5/c1-7(17)15-6-12(18)13(19)8-2-3-10-9(4-8)5-11(16-10)14(20)21/h2-5,12-13,16,18-19H,6H2,1H3,(H,15,17)(H,20,21). The molecule has 5 N–H and O–H groups in total. The van der Waals surface area contributed by atoms with E-state index in [-0.39, 0.29) is 18.1 Å². The summed E-state index contributed by atoms with van der Waals surface area (Å²) in [6.45, 7) is 1.25. The fraction of sp³-hybridized carbons (Fsp3) is 0.286. The molecule has 2 unspecified atom stereocenters. The van der Waals surface area contributed by atoms with Gasteiger partial charge >= 0.3 is 5.97 Å². The molecular formula is C14H16N2O5. The largest absolute Gasteiger partial charge is 0.477 e. The second kappa shape index (κ2) is 5.94. The quantitative estimate of drug-likeness (QED) is 0.546. The summed E-state index contributed by atoms with van der Waals surface area (Å²) in [7, 11) is 0. The van der Waals surface area contributed by atoms with Crippen molar-refractivity contribution in [3.63, 3.8) is 0 Å². The number of rotatable bonds is 5. The van der Waals surface area contributed by atoms with Crippen LogP contribution >= 0.6 is 0 Å². The minimum Gasteiger partial charge on any atom is -0.477 e. The van der Waals surface area contributed by atoms with Crippen molar-refractivity contribution in [2.75, 3.05) is 6.54 Å². The highest BCUT2D eigenvalue weighted by molar-refractivity contribution is 5.93. The van der Waals surface area contributed by atoms with Gasteiger partial charge in [0.05, 0.1) is 0 Å². The maximum atomic E-state index is 10.9. The fourth-order valence-electron chi connectivity index (χ4n) is 2.03. The molecule has 7 heteroatoms. The van der Waals surface area contributed by atoms with Gasteiger partial charge in [0.25, 0.3) is 0 Å². The number of carboxylic acids is 1. The van der Waals surface area contributed by atoms with Crippen LogP contribution in [0.1, 0.15) is 29.1 Å². The molecule has 2 rings (SSSR count). The predicted molar refractivity (Wildman–Crippen MR) is 74.9 cm³/mol. The Labute approximate surface area is 120 Å².